The number of hydrogen-bond donors (Lipinski definition) is 1. The van der Waals surface area contributed by atoms with Gasteiger partial charge in [-0.2, -0.15) is 0 Å². The Hall–Kier alpha value is -3.06. The van der Waals surface area contributed by atoms with E-state index in [1.54, 1.807) is 4.90 Å². The van der Waals surface area contributed by atoms with Crippen LogP contribution in [0.2, 0.25) is 0 Å². The van der Waals surface area contributed by atoms with Crippen LogP contribution in [0, 0.1) is 0 Å². The summed E-state index contributed by atoms with van der Waals surface area (Å²) in [6, 6.07) is 10.5. The first-order chi connectivity index (χ1) is 15.6. The van der Waals surface area contributed by atoms with Crippen LogP contribution < -0.4 is 15.4 Å². The van der Waals surface area contributed by atoms with Crippen LogP contribution in [0.1, 0.15) is 45.2 Å². The summed E-state index contributed by atoms with van der Waals surface area (Å²) in [4.78, 5) is 21.7. The number of pyridine rings is 1. The molecule has 2 aliphatic heterocycles. The fourth-order valence-electron chi connectivity index (χ4n) is 5.11. The zero-order valence-electron chi connectivity index (χ0n) is 18.9. The molecule has 1 amide bonds. The van der Waals surface area contributed by atoms with E-state index in [4.69, 9.17) is 15.5 Å². The predicted molar refractivity (Wildman–Crippen MR) is 127 cm³/mol. The Morgan fingerprint density at radius 3 is 2.88 bits per heavy atom. The quantitative estimate of drug-likeness (QED) is 0.656. The minimum absolute atomic E-state index is 0.0146. The number of benzene rings is 1. The second-order valence-electron chi connectivity index (χ2n) is 8.74. The second kappa shape index (κ2) is 8.47. The lowest BCUT2D eigenvalue weighted by Gasteiger charge is -2.35. The first kappa shape index (κ1) is 20.8. The van der Waals surface area contributed by atoms with Crippen molar-refractivity contribution in [1.29, 1.82) is 0 Å². The number of nitrogens with zero attached hydrogens (tertiary/aromatic N) is 4. The number of ether oxygens (including phenoxy) is 1. The number of rotatable bonds is 5. The number of carbonyl (C=O) groups is 1. The molecule has 1 aromatic carbocycles. The third kappa shape index (κ3) is 3.60. The Kier molecular flexibility index (Phi) is 5.51. The van der Waals surface area contributed by atoms with Gasteiger partial charge in [-0.25, -0.2) is 4.98 Å². The molecule has 4 heterocycles. The number of piperidine rings is 1. The number of nitrogen functional groups attached to an aromatic ring is 1. The summed E-state index contributed by atoms with van der Waals surface area (Å²) in [5.74, 6) is 0.728. The van der Waals surface area contributed by atoms with Gasteiger partial charge in [-0.05, 0) is 63.1 Å². The summed E-state index contributed by atoms with van der Waals surface area (Å²) in [7, 11) is 0. The summed E-state index contributed by atoms with van der Waals surface area (Å²) in [5, 5.41) is 0. The normalized spacial score (nSPS) is 19.2. The smallest absolute Gasteiger partial charge is 0.265 e. The molecule has 1 unspecified atom stereocenters. The maximum Gasteiger partial charge on any atom is 0.265 e. The minimum atomic E-state index is -0.0146. The molecule has 1 saturated heterocycles. The number of anilines is 2. The van der Waals surface area contributed by atoms with Gasteiger partial charge >= 0.3 is 0 Å². The third-order valence-corrected chi connectivity index (χ3v) is 6.81. The van der Waals surface area contributed by atoms with E-state index in [0.29, 0.717) is 12.6 Å². The molecule has 0 saturated carbocycles. The number of likely N-dealkylation sites (tertiary alicyclic amines) is 1. The number of imidazole rings is 1. The summed E-state index contributed by atoms with van der Waals surface area (Å²) >= 11 is 0. The fraction of sp³-hybridized carbons (Fsp3) is 0.440. The number of fused-ring (bicyclic) bond motifs is 2. The van der Waals surface area contributed by atoms with Crippen LogP contribution in [0.15, 0.2) is 36.5 Å². The van der Waals surface area contributed by atoms with Gasteiger partial charge in [0.15, 0.2) is 6.61 Å². The lowest BCUT2D eigenvalue weighted by Crippen LogP contribution is -2.39. The van der Waals surface area contributed by atoms with E-state index in [0.717, 1.165) is 59.2 Å². The minimum Gasteiger partial charge on any atom is -0.482 e. The number of carbonyl (C=O) groups excluding carboxylic acids is 1. The number of nitrogens with two attached hydrogens (primary N) is 1. The highest BCUT2D eigenvalue weighted by molar-refractivity contribution is 5.98. The number of aromatic nitrogens is 2. The van der Waals surface area contributed by atoms with Gasteiger partial charge in [0, 0.05) is 36.6 Å². The number of amides is 1. The molecule has 7 heteroatoms. The zero-order chi connectivity index (χ0) is 22.2. The molecule has 32 heavy (non-hydrogen) atoms. The molecule has 1 atom stereocenters. The molecule has 0 radical (unpaired) electrons. The summed E-state index contributed by atoms with van der Waals surface area (Å²) in [6.45, 7) is 6.88. The van der Waals surface area contributed by atoms with Crippen molar-refractivity contribution in [2.45, 2.75) is 52.1 Å². The summed E-state index contributed by atoms with van der Waals surface area (Å²) in [5.41, 5.74) is 11.6. The van der Waals surface area contributed by atoms with E-state index in [1.807, 2.05) is 43.5 Å². The van der Waals surface area contributed by atoms with Crippen molar-refractivity contribution in [3.8, 4) is 17.0 Å². The van der Waals surface area contributed by atoms with Crippen LogP contribution in [0.3, 0.4) is 0 Å². The Morgan fingerprint density at radius 1 is 1.19 bits per heavy atom. The van der Waals surface area contributed by atoms with E-state index < -0.39 is 0 Å². The fourth-order valence-corrected chi connectivity index (χ4v) is 5.11. The zero-order valence-corrected chi connectivity index (χ0v) is 18.9. The first-order valence-corrected chi connectivity index (χ1v) is 11.7. The van der Waals surface area contributed by atoms with Crippen molar-refractivity contribution in [1.82, 2.24) is 14.3 Å². The number of likely N-dealkylation sites (N-methyl/N-ethyl adjacent to an activating group) is 1. The average molecular weight is 434 g/mol. The van der Waals surface area contributed by atoms with Gasteiger partial charge < -0.3 is 19.8 Å². The van der Waals surface area contributed by atoms with Gasteiger partial charge in [-0.15, -0.1) is 0 Å². The van der Waals surface area contributed by atoms with Crippen molar-refractivity contribution in [2.75, 3.05) is 30.3 Å². The van der Waals surface area contributed by atoms with Crippen LogP contribution in [0.25, 0.3) is 16.9 Å². The van der Waals surface area contributed by atoms with Crippen LogP contribution in [0.4, 0.5) is 11.4 Å². The molecular weight excluding hydrogens is 402 g/mol. The molecule has 2 aromatic heterocycles. The second-order valence-corrected chi connectivity index (χ2v) is 8.74. The maximum atomic E-state index is 12.4. The molecule has 0 bridgehead atoms. The first-order valence-electron chi connectivity index (χ1n) is 11.7. The predicted octanol–water partition coefficient (Wildman–Crippen LogP) is 4.09. The molecular formula is C25H31N5O2. The molecule has 1 fully saturated rings. The van der Waals surface area contributed by atoms with Crippen molar-refractivity contribution in [2.24, 2.45) is 0 Å². The van der Waals surface area contributed by atoms with Crippen LogP contribution in [0.5, 0.6) is 5.75 Å². The molecule has 0 spiro atoms. The van der Waals surface area contributed by atoms with Crippen LogP contribution in [-0.2, 0) is 11.3 Å². The molecule has 0 aliphatic carbocycles. The third-order valence-electron chi connectivity index (χ3n) is 6.81. The van der Waals surface area contributed by atoms with Gasteiger partial charge in [0.05, 0.1) is 17.1 Å². The highest BCUT2D eigenvalue weighted by Crippen LogP contribution is 2.37. The molecule has 5 rings (SSSR count). The standard InChI is InChI=1S/C25H31N5O2/c1-3-19-7-5-6-12-28(19)15-21-25(27-23-11-9-18(26)14-30(21)23)17-8-10-22-20(13-17)29(4-2)24(31)16-32-22/h8-11,13-14,19H,3-7,12,15-16,26H2,1-2H3. The number of hydrogen-bond acceptors (Lipinski definition) is 5. The van der Waals surface area contributed by atoms with Gasteiger partial charge in [0.2, 0.25) is 0 Å². The largest absolute Gasteiger partial charge is 0.482 e. The monoisotopic (exact) mass is 433 g/mol. The van der Waals surface area contributed by atoms with Crippen molar-refractivity contribution < 1.29 is 9.53 Å². The van der Waals surface area contributed by atoms with Gasteiger partial charge in [-0.3, -0.25) is 9.69 Å². The maximum absolute atomic E-state index is 12.4. The van der Waals surface area contributed by atoms with Gasteiger partial charge in [0.25, 0.3) is 5.91 Å². The molecule has 2 aliphatic rings. The van der Waals surface area contributed by atoms with Crippen molar-refractivity contribution >= 4 is 22.9 Å². The van der Waals surface area contributed by atoms with Crippen LogP contribution >= 0.6 is 0 Å². The van der Waals surface area contributed by atoms with Gasteiger partial charge in [0.1, 0.15) is 11.4 Å². The Balaban J connectivity index is 1.62. The summed E-state index contributed by atoms with van der Waals surface area (Å²) < 4.78 is 7.80. The lowest BCUT2D eigenvalue weighted by molar-refractivity contribution is -0.121. The topological polar surface area (TPSA) is 76.1 Å². The molecule has 7 nitrogen and oxygen atoms in total. The van der Waals surface area contributed by atoms with E-state index in [2.05, 4.69) is 16.2 Å². The lowest BCUT2D eigenvalue weighted by atomic mass is 9.99. The van der Waals surface area contributed by atoms with E-state index >= 15 is 0 Å². The van der Waals surface area contributed by atoms with E-state index in [1.165, 1.54) is 19.3 Å². The Bertz CT molecular complexity index is 1150. The molecule has 2 N–H and O–H groups in total. The van der Waals surface area contributed by atoms with E-state index in [9.17, 15) is 4.79 Å². The Morgan fingerprint density at radius 2 is 2.06 bits per heavy atom. The highest BCUT2D eigenvalue weighted by atomic mass is 16.5. The molecule has 3 aromatic rings. The van der Waals surface area contributed by atoms with Gasteiger partial charge in [-0.1, -0.05) is 13.3 Å². The SMILES string of the molecule is CCC1CCCCN1Cc1c(-c2ccc3c(c2)N(CC)C(=O)CO3)nc2ccc(N)cn12. The average Bonchev–Trinajstić information content (AvgIpc) is 3.16. The molecule has 168 valence electrons. The summed E-state index contributed by atoms with van der Waals surface area (Å²) in [6.07, 6.45) is 6.89. The van der Waals surface area contributed by atoms with Crippen molar-refractivity contribution in [3.05, 3.63) is 42.2 Å². The highest BCUT2D eigenvalue weighted by Gasteiger charge is 2.27. The van der Waals surface area contributed by atoms with Crippen LogP contribution in [-0.4, -0.2) is 45.9 Å². The Labute approximate surface area is 188 Å². The van der Waals surface area contributed by atoms with E-state index in [-0.39, 0.29) is 12.5 Å². The van der Waals surface area contributed by atoms with Crippen molar-refractivity contribution in [3.63, 3.8) is 0 Å².